The molecule has 0 bridgehead atoms. The van der Waals surface area contributed by atoms with Crippen LogP contribution in [-0.4, -0.2) is 10.8 Å². The number of hydrogen-bond donors (Lipinski definition) is 0. The molecule has 0 atom stereocenters. The van der Waals surface area contributed by atoms with E-state index in [1.807, 2.05) is 27.7 Å². The van der Waals surface area contributed by atoms with Crippen molar-refractivity contribution < 1.29 is 13.6 Å². The molecule has 104 valence electrons. The van der Waals surface area contributed by atoms with Crippen molar-refractivity contribution in [3.05, 3.63) is 41.6 Å². The van der Waals surface area contributed by atoms with E-state index in [0.717, 1.165) is 6.07 Å². The van der Waals surface area contributed by atoms with E-state index in [1.54, 1.807) is 0 Å². The molecule has 2 nitrogen and oxygen atoms in total. The molecule has 0 radical (unpaired) electrons. The highest BCUT2D eigenvalue weighted by Gasteiger charge is 2.09. The van der Waals surface area contributed by atoms with Crippen molar-refractivity contribution >= 4 is 16.7 Å². The van der Waals surface area contributed by atoms with Crippen molar-refractivity contribution in [3.8, 4) is 0 Å². The van der Waals surface area contributed by atoms with E-state index in [2.05, 4.69) is 4.98 Å². The Morgan fingerprint density at radius 2 is 1.68 bits per heavy atom. The fourth-order valence-electron chi connectivity index (χ4n) is 1.33. The minimum atomic E-state index is -0.984. The Morgan fingerprint density at radius 1 is 1.11 bits per heavy atom. The third kappa shape index (κ3) is 4.09. The maximum Gasteiger partial charge on any atom is 0.184 e. The van der Waals surface area contributed by atoms with Gasteiger partial charge < -0.3 is 0 Å². The maximum atomic E-state index is 13.2. The standard InChI is InChI=1S/C11H7F2NO.2C2H6/c1-6(15)8-4-7-2-3-9(12)10(13)11(7)14-5-8;2*1-2/h2-5H,1H3;2*1-2H3. The average molecular weight is 267 g/mol. The van der Waals surface area contributed by atoms with Crippen LogP contribution in [0, 0.1) is 11.6 Å². The highest BCUT2D eigenvalue weighted by molar-refractivity contribution is 5.97. The summed E-state index contributed by atoms with van der Waals surface area (Å²) in [5.41, 5.74) is 0.327. The van der Waals surface area contributed by atoms with Crippen molar-refractivity contribution in [3.63, 3.8) is 0 Å². The van der Waals surface area contributed by atoms with Gasteiger partial charge in [-0.05, 0) is 25.1 Å². The highest BCUT2D eigenvalue weighted by atomic mass is 19.2. The van der Waals surface area contributed by atoms with Crippen molar-refractivity contribution in [1.29, 1.82) is 0 Å². The van der Waals surface area contributed by atoms with Crippen molar-refractivity contribution in [2.75, 3.05) is 0 Å². The monoisotopic (exact) mass is 267 g/mol. The molecule has 2 rings (SSSR count). The molecule has 19 heavy (non-hydrogen) atoms. The highest BCUT2D eigenvalue weighted by Crippen LogP contribution is 2.19. The molecule has 1 aromatic carbocycles. The molecule has 0 N–H and O–H groups in total. The molecule has 0 saturated carbocycles. The van der Waals surface area contributed by atoms with Crippen LogP contribution in [0.4, 0.5) is 8.78 Å². The first-order valence-electron chi connectivity index (χ1n) is 6.34. The number of Topliss-reactive ketones (excluding diaryl/α,β-unsaturated/α-hetero) is 1. The first kappa shape index (κ1) is 17.2. The van der Waals surface area contributed by atoms with Gasteiger partial charge in [0.05, 0.1) is 0 Å². The van der Waals surface area contributed by atoms with E-state index in [9.17, 15) is 13.6 Å². The van der Waals surface area contributed by atoms with Gasteiger partial charge in [-0.25, -0.2) is 8.78 Å². The molecule has 0 fully saturated rings. The number of nitrogens with zero attached hydrogens (tertiary/aromatic N) is 1. The second-order valence-corrected chi connectivity index (χ2v) is 3.21. The van der Waals surface area contributed by atoms with E-state index in [4.69, 9.17) is 0 Å². The number of carbonyl (C=O) groups is 1. The van der Waals surface area contributed by atoms with Crippen LogP contribution in [0.1, 0.15) is 45.0 Å². The smallest absolute Gasteiger partial charge is 0.184 e. The fourth-order valence-corrected chi connectivity index (χ4v) is 1.33. The van der Waals surface area contributed by atoms with Crippen LogP contribution in [0.15, 0.2) is 24.4 Å². The largest absolute Gasteiger partial charge is 0.294 e. The fraction of sp³-hybridized carbons (Fsp3) is 0.333. The molecule has 0 spiro atoms. The van der Waals surface area contributed by atoms with Gasteiger partial charge in [0.15, 0.2) is 17.4 Å². The molecule has 0 amide bonds. The number of carbonyl (C=O) groups excluding carboxylic acids is 1. The topological polar surface area (TPSA) is 30.0 Å². The first-order valence-corrected chi connectivity index (χ1v) is 6.34. The number of pyridine rings is 1. The van der Waals surface area contributed by atoms with Gasteiger partial charge in [-0.2, -0.15) is 0 Å². The molecule has 2 aromatic rings. The van der Waals surface area contributed by atoms with Gasteiger partial charge in [-0.15, -0.1) is 0 Å². The Hall–Kier alpha value is -1.84. The molecule has 0 saturated heterocycles. The van der Waals surface area contributed by atoms with Crippen molar-refractivity contribution in [2.45, 2.75) is 34.6 Å². The van der Waals surface area contributed by atoms with Gasteiger partial charge in [0, 0.05) is 17.1 Å². The zero-order valence-electron chi connectivity index (χ0n) is 11.9. The van der Waals surface area contributed by atoms with Crippen LogP contribution in [0.5, 0.6) is 0 Å². The van der Waals surface area contributed by atoms with Gasteiger partial charge in [-0.3, -0.25) is 9.78 Å². The molecular formula is C15H19F2NO. The van der Waals surface area contributed by atoms with Gasteiger partial charge in [0.25, 0.3) is 0 Å². The number of benzene rings is 1. The van der Waals surface area contributed by atoms with Crippen LogP contribution in [0.3, 0.4) is 0 Å². The van der Waals surface area contributed by atoms with Crippen LogP contribution in [0.25, 0.3) is 10.9 Å². The summed E-state index contributed by atoms with van der Waals surface area (Å²) in [6.07, 6.45) is 1.24. The van der Waals surface area contributed by atoms with Gasteiger partial charge in [0.1, 0.15) is 5.52 Å². The lowest BCUT2D eigenvalue weighted by Gasteiger charge is -2.01. The molecule has 0 aliphatic heterocycles. The molecule has 0 aliphatic rings. The van der Waals surface area contributed by atoms with Crippen LogP contribution in [-0.2, 0) is 0 Å². The maximum absolute atomic E-state index is 13.2. The summed E-state index contributed by atoms with van der Waals surface area (Å²) in [5.74, 6) is -2.08. The van der Waals surface area contributed by atoms with E-state index in [-0.39, 0.29) is 11.3 Å². The predicted molar refractivity (Wildman–Crippen MR) is 74.4 cm³/mol. The number of ketones is 1. The Bertz CT molecular complexity index is 553. The Labute approximate surface area is 112 Å². The SMILES string of the molecule is CC.CC.CC(=O)c1cnc2c(F)c(F)ccc2c1. The quantitative estimate of drug-likeness (QED) is 0.697. The van der Waals surface area contributed by atoms with E-state index in [0.29, 0.717) is 10.9 Å². The minimum Gasteiger partial charge on any atom is -0.294 e. The first-order chi connectivity index (χ1) is 9.09. The average Bonchev–Trinajstić information content (AvgIpc) is 2.47. The second-order valence-electron chi connectivity index (χ2n) is 3.21. The van der Waals surface area contributed by atoms with E-state index in [1.165, 1.54) is 25.3 Å². The normalized spacial score (nSPS) is 9.00. The summed E-state index contributed by atoms with van der Waals surface area (Å²) in [5, 5.41) is 0.418. The summed E-state index contributed by atoms with van der Waals surface area (Å²) < 4.78 is 26.0. The molecule has 0 aliphatic carbocycles. The summed E-state index contributed by atoms with van der Waals surface area (Å²) in [7, 11) is 0. The third-order valence-electron chi connectivity index (χ3n) is 2.15. The molecular weight excluding hydrogens is 248 g/mol. The van der Waals surface area contributed by atoms with Gasteiger partial charge in [-0.1, -0.05) is 27.7 Å². The molecule has 4 heteroatoms. The molecule has 1 aromatic heterocycles. The van der Waals surface area contributed by atoms with Crippen molar-refractivity contribution in [2.24, 2.45) is 0 Å². The van der Waals surface area contributed by atoms with Crippen LogP contribution in [0.2, 0.25) is 0 Å². The predicted octanol–water partition coefficient (Wildman–Crippen LogP) is 4.77. The van der Waals surface area contributed by atoms with Crippen LogP contribution >= 0.6 is 0 Å². The Balaban J connectivity index is 0.000000741. The number of halogens is 2. The zero-order chi connectivity index (χ0) is 15.0. The lowest BCUT2D eigenvalue weighted by Crippen LogP contribution is -1.95. The van der Waals surface area contributed by atoms with E-state index >= 15 is 0 Å². The summed E-state index contributed by atoms with van der Waals surface area (Å²) in [6.45, 7) is 9.39. The zero-order valence-corrected chi connectivity index (χ0v) is 11.9. The van der Waals surface area contributed by atoms with Crippen molar-refractivity contribution in [1.82, 2.24) is 4.98 Å². The molecule has 0 unspecified atom stereocenters. The molecule has 1 heterocycles. The number of rotatable bonds is 1. The van der Waals surface area contributed by atoms with Gasteiger partial charge in [0.2, 0.25) is 0 Å². The second kappa shape index (κ2) is 8.29. The Kier molecular flexibility index (Phi) is 7.49. The number of fused-ring (bicyclic) bond motifs is 1. The van der Waals surface area contributed by atoms with Crippen LogP contribution < -0.4 is 0 Å². The lowest BCUT2D eigenvalue weighted by atomic mass is 10.1. The summed E-state index contributed by atoms with van der Waals surface area (Å²) in [6, 6.07) is 3.91. The third-order valence-corrected chi connectivity index (χ3v) is 2.15. The number of hydrogen-bond acceptors (Lipinski definition) is 2. The Morgan fingerprint density at radius 3 is 2.21 bits per heavy atom. The summed E-state index contributed by atoms with van der Waals surface area (Å²) >= 11 is 0. The lowest BCUT2D eigenvalue weighted by molar-refractivity contribution is 0.101. The number of aromatic nitrogens is 1. The van der Waals surface area contributed by atoms with E-state index < -0.39 is 11.6 Å². The summed E-state index contributed by atoms with van der Waals surface area (Å²) in [4.78, 5) is 14.8. The van der Waals surface area contributed by atoms with Gasteiger partial charge >= 0.3 is 0 Å². The minimum absolute atomic E-state index is 0.0556.